The molecule has 0 radical (unpaired) electrons. The van der Waals surface area contributed by atoms with Gasteiger partial charge < -0.3 is 9.47 Å². The van der Waals surface area contributed by atoms with Crippen LogP contribution in [0.1, 0.15) is 54.9 Å². The quantitative estimate of drug-likeness (QED) is 0.532. The van der Waals surface area contributed by atoms with Crippen LogP contribution in [0, 0.1) is 31.1 Å². The van der Waals surface area contributed by atoms with Crippen LogP contribution in [0.3, 0.4) is 0 Å². The van der Waals surface area contributed by atoms with Crippen molar-refractivity contribution >= 4 is 27.7 Å². The molecule has 0 amide bonds. The number of allylic oxidation sites excluding steroid dienone is 2. The van der Waals surface area contributed by atoms with Gasteiger partial charge in [0, 0.05) is 38.5 Å². The molecule has 2 aliphatic rings. The lowest BCUT2D eigenvalue weighted by molar-refractivity contribution is -0.117. The second kappa shape index (κ2) is 9.67. The second-order valence-electron chi connectivity index (χ2n) is 8.60. The molecule has 0 atom stereocenters. The lowest BCUT2D eigenvalue weighted by Gasteiger charge is -2.43. The van der Waals surface area contributed by atoms with Crippen molar-refractivity contribution in [1.29, 1.82) is 0 Å². The van der Waals surface area contributed by atoms with Crippen LogP contribution in [-0.2, 0) is 24.5 Å². The highest BCUT2D eigenvalue weighted by Crippen LogP contribution is 2.48. The lowest BCUT2D eigenvalue weighted by Crippen LogP contribution is -2.48. The van der Waals surface area contributed by atoms with E-state index in [1.165, 1.54) is 18.5 Å². The third kappa shape index (κ3) is 5.13. The minimum Gasteiger partial charge on any atom is -0.437 e. The summed E-state index contributed by atoms with van der Waals surface area (Å²) in [7, 11) is -0.931. The van der Waals surface area contributed by atoms with Crippen LogP contribution in [0.5, 0.6) is 0 Å². The van der Waals surface area contributed by atoms with Gasteiger partial charge in [-0.2, -0.15) is 12.7 Å². The molecule has 3 rings (SSSR count). The van der Waals surface area contributed by atoms with E-state index in [4.69, 9.17) is 9.47 Å². The number of nitrogens with zero attached hydrogens (tertiary/aromatic N) is 1. The molecule has 9 heteroatoms. The number of piperidine rings is 1. The number of ketones is 1. The first kappa shape index (κ1) is 25.0. The first-order valence-corrected chi connectivity index (χ1v) is 12.2. The fourth-order valence-corrected chi connectivity index (χ4v) is 5.76. The fraction of sp³-hybridized carbons (Fsp3) is 0.500. The maximum Gasteiger partial charge on any atom is 0.513 e. The van der Waals surface area contributed by atoms with E-state index in [9.17, 15) is 18.0 Å². The molecule has 178 valence electrons. The zero-order chi connectivity index (χ0) is 24.4. The van der Waals surface area contributed by atoms with E-state index in [2.05, 4.69) is 16.6 Å². The van der Waals surface area contributed by atoms with Gasteiger partial charge in [-0.25, -0.2) is 9.52 Å². The van der Waals surface area contributed by atoms with E-state index in [0.29, 0.717) is 37.9 Å². The predicted octanol–water partition coefficient (Wildman–Crippen LogP) is 3.08. The highest BCUT2D eigenvalue weighted by Gasteiger charge is 2.45. The van der Waals surface area contributed by atoms with Crippen molar-refractivity contribution in [1.82, 2.24) is 9.03 Å². The average Bonchev–Trinajstić information content (AvgIpc) is 2.75. The number of nitrogens with one attached hydrogen (secondary N) is 1. The van der Waals surface area contributed by atoms with Gasteiger partial charge in [0.25, 0.3) is 10.2 Å². The standard InChI is InChI=1S/C24H30N2O6S/c1-6-7-18-12-16(2)21(17(3)13-18)22-19(27)14-24(15-20(22)32-23(28)31-5)8-10-26(11-9-24)33(29,30)25-4/h12-13,25H,8-11,14-15H2,1-5H3. The third-order valence-electron chi connectivity index (χ3n) is 6.43. The number of carbonyl (C=O) groups excluding carboxylic acids is 2. The minimum atomic E-state index is -3.53. The summed E-state index contributed by atoms with van der Waals surface area (Å²) in [5.41, 5.74) is 3.25. The van der Waals surface area contributed by atoms with Crippen LogP contribution < -0.4 is 4.72 Å². The van der Waals surface area contributed by atoms with Crippen LogP contribution in [-0.4, -0.2) is 51.9 Å². The van der Waals surface area contributed by atoms with Crippen LogP contribution in [0.4, 0.5) is 4.79 Å². The van der Waals surface area contributed by atoms with Crippen molar-refractivity contribution in [3.63, 3.8) is 0 Å². The van der Waals surface area contributed by atoms with Crippen LogP contribution in [0.25, 0.3) is 5.57 Å². The summed E-state index contributed by atoms with van der Waals surface area (Å²) in [5, 5.41) is 0. The van der Waals surface area contributed by atoms with E-state index < -0.39 is 21.8 Å². The molecule has 1 fully saturated rings. The summed E-state index contributed by atoms with van der Waals surface area (Å²) < 4.78 is 38.3. The first-order chi connectivity index (χ1) is 15.6. The molecule has 1 spiro atoms. The third-order valence-corrected chi connectivity index (χ3v) is 8.00. The molecule has 0 unspecified atom stereocenters. The van der Waals surface area contributed by atoms with Crippen molar-refractivity contribution < 1.29 is 27.5 Å². The van der Waals surface area contributed by atoms with Crippen LogP contribution in [0.2, 0.25) is 0 Å². The van der Waals surface area contributed by atoms with E-state index in [0.717, 1.165) is 22.3 Å². The fourth-order valence-electron chi connectivity index (χ4n) is 4.84. The number of ether oxygens (including phenoxy) is 2. The zero-order valence-electron chi connectivity index (χ0n) is 19.7. The van der Waals surface area contributed by atoms with E-state index in [1.54, 1.807) is 6.92 Å². The number of aryl methyl sites for hydroxylation is 2. The Morgan fingerprint density at radius 1 is 1.15 bits per heavy atom. The number of rotatable bonds is 4. The Morgan fingerprint density at radius 2 is 1.76 bits per heavy atom. The van der Waals surface area contributed by atoms with Crippen molar-refractivity contribution in [2.45, 2.75) is 46.5 Å². The van der Waals surface area contributed by atoms with Gasteiger partial charge in [0.15, 0.2) is 5.78 Å². The van der Waals surface area contributed by atoms with Crippen molar-refractivity contribution in [2.75, 3.05) is 27.2 Å². The SMILES string of the molecule is CC#Cc1cc(C)c(C2=C(OC(=O)OC)CC3(CCN(S(=O)(=O)NC)CC3)CC2=O)c(C)c1. The Labute approximate surface area is 195 Å². The number of hydrogen-bond acceptors (Lipinski definition) is 6. The van der Waals surface area contributed by atoms with Crippen molar-refractivity contribution in [3.8, 4) is 11.8 Å². The molecule has 1 heterocycles. The molecule has 1 aromatic rings. The summed E-state index contributed by atoms with van der Waals surface area (Å²) in [6.07, 6.45) is 0.713. The molecule has 1 aromatic carbocycles. The summed E-state index contributed by atoms with van der Waals surface area (Å²) in [6, 6.07) is 3.83. The van der Waals surface area contributed by atoms with Gasteiger partial charge in [-0.3, -0.25) is 4.79 Å². The summed E-state index contributed by atoms with van der Waals surface area (Å²) >= 11 is 0. The van der Waals surface area contributed by atoms with E-state index >= 15 is 0 Å². The molecular formula is C24H30N2O6S. The zero-order valence-corrected chi connectivity index (χ0v) is 20.5. The van der Waals surface area contributed by atoms with Gasteiger partial charge >= 0.3 is 6.16 Å². The molecule has 1 saturated heterocycles. The molecular weight excluding hydrogens is 444 g/mol. The van der Waals surface area contributed by atoms with Crippen LogP contribution >= 0.6 is 0 Å². The topological polar surface area (TPSA) is 102 Å². The van der Waals surface area contributed by atoms with Gasteiger partial charge in [-0.05, 0) is 67.9 Å². The highest BCUT2D eigenvalue weighted by molar-refractivity contribution is 7.87. The summed E-state index contributed by atoms with van der Waals surface area (Å²) in [5.74, 6) is 6.08. The maximum absolute atomic E-state index is 13.5. The van der Waals surface area contributed by atoms with Gasteiger partial charge in [0.2, 0.25) is 0 Å². The molecule has 1 N–H and O–H groups in total. The first-order valence-electron chi connectivity index (χ1n) is 10.8. The lowest BCUT2D eigenvalue weighted by atomic mass is 9.66. The Hall–Kier alpha value is -2.67. The van der Waals surface area contributed by atoms with Gasteiger partial charge in [-0.1, -0.05) is 5.92 Å². The number of carbonyl (C=O) groups is 2. The van der Waals surface area contributed by atoms with Crippen molar-refractivity contribution in [2.24, 2.45) is 5.41 Å². The Kier molecular flexibility index (Phi) is 7.32. The van der Waals surface area contributed by atoms with Gasteiger partial charge in [0.05, 0.1) is 12.7 Å². The maximum atomic E-state index is 13.5. The predicted molar refractivity (Wildman–Crippen MR) is 124 cm³/mol. The van der Waals surface area contributed by atoms with Gasteiger partial charge in [0.1, 0.15) is 5.76 Å². The highest BCUT2D eigenvalue weighted by atomic mass is 32.2. The van der Waals surface area contributed by atoms with Gasteiger partial charge in [-0.15, -0.1) is 5.92 Å². The summed E-state index contributed by atoms with van der Waals surface area (Å²) in [4.78, 5) is 25.6. The average molecular weight is 475 g/mol. The number of Topliss-reactive ketones (excluding diaryl/α,β-unsaturated/α-hetero) is 1. The summed E-state index contributed by atoms with van der Waals surface area (Å²) in [6.45, 7) is 6.16. The molecule has 1 aliphatic carbocycles. The Morgan fingerprint density at radius 3 is 2.27 bits per heavy atom. The molecule has 0 aromatic heterocycles. The minimum absolute atomic E-state index is 0.120. The second-order valence-corrected chi connectivity index (χ2v) is 10.5. The molecule has 0 saturated carbocycles. The van der Waals surface area contributed by atoms with E-state index in [-0.39, 0.29) is 18.0 Å². The Balaban J connectivity index is 2.03. The molecule has 1 aliphatic heterocycles. The normalized spacial score (nSPS) is 18.6. The van der Waals surface area contributed by atoms with E-state index in [1.807, 2.05) is 26.0 Å². The monoisotopic (exact) mass is 474 g/mol. The Bertz CT molecular complexity index is 1140. The molecule has 8 nitrogen and oxygen atoms in total. The largest absolute Gasteiger partial charge is 0.513 e. The number of benzene rings is 1. The number of methoxy groups -OCH3 is 1. The molecule has 0 bridgehead atoms. The van der Waals surface area contributed by atoms with Crippen molar-refractivity contribution in [3.05, 3.63) is 40.1 Å². The number of hydrogen-bond donors (Lipinski definition) is 1. The smallest absolute Gasteiger partial charge is 0.437 e. The van der Waals surface area contributed by atoms with Crippen LogP contribution in [0.15, 0.2) is 17.9 Å². The molecule has 33 heavy (non-hydrogen) atoms.